The van der Waals surface area contributed by atoms with Crippen LogP contribution in [0.1, 0.15) is 37.9 Å². The second-order valence-electron chi connectivity index (χ2n) is 8.25. The van der Waals surface area contributed by atoms with E-state index in [9.17, 15) is 9.59 Å². The summed E-state index contributed by atoms with van der Waals surface area (Å²) < 4.78 is 4.29. The standard InChI is InChI=1S/C21H27N5O2S/c1-15-22-25(21(28)18-13-19-17(26(15)18)7-12-29-19)14-20(27)24-10-8-23(9-11-24)16-5-3-2-4-6-16/h7,12-13,16H,2-6,8-11,14H2,1H3. The molecule has 1 amide bonds. The lowest BCUT2D eigenvalue weighted by atomic mass is 9.94. The monoisotopic (exact) mass is 413 g/mol. The molecule has 0 unspecified atom stereocenters. The van der Waals surface area contributed by atoms with E-state index < -0.39 is 0 Å². The normalized spacial score (nSPS) is 19.4. The molecular formula is C21H27N5O2S. The zero-order chi connectivity index (χ0) is 20.0. The minimum Gasteiger partial charge on any atom is -0.339 e. The van der Waals surface area contributed by atoms with Crippen LogP contribution in [0.25, 0.3) is 15.7 Å². The molecule has 5 rings (SSSR count). The van der Waals surface area contributed by atoms with E-state index in [0.717, 1.165) is 42.2 Å². The van der Waals surface area contributed by atoms with Gasteiger partial charge < -0.3 is 4.90 Å². The summed E-state index contributed by atoms with van der Waals surface area (Å²) in [5, 5.41) is 6.45. The fourth-order valence-electron chi connectivity index (χ4n) is 4.95. The molecule has 0 radical (unpaired) electrons. The number of nitrogens with zero attached hydrogens (tertiary/aromatic N) is 5. The third-order valence-electron chi connectivity index (χ3n) is 6.51. The molecule has 1 saturated heterocycles. The number of carbonyl (C=O) groups excluding carboxylic acids is 1. The van der Waals surface area contributed by atoms with Crippen LogP contribution < -0.4 is 5.56 Å². The third-order valence-corrected chi connectivity index (χ3v) is 7.36. The summed E-state index contributed by atoms with van der Waals surface area (Å²) in [7, 11) is 0. The first-order valence-corrected chi connectivity index (χ1v) is 11.5. The Morgan fingerprint density at radius 1 is 1.14 bits per heavy atom. The van der Waals surface area contributed by atoms with Gasteiger partial charge in [-0.15, -0.1) is 11.3 Å². The first-order valence-electron chi connectivity index (χ1n) is 10.6. The molecule has 3 aromatic rings. The van der Waals surface area contributed by atoms with Crippen molar-refractivity contribution in [1.29, 1.82) is 0 Å². The Bertz CT molecular complexity index is 1100. The number of aryl methyl sites for hydroxylation is 1. The zero-order valence-corrected chi connectivity index (χ0v) is 17.7. The third kappa shape index (κ3) is 3.38. The van der Waals surface area contributed by atoms with E-state index in [2.05, 4.69) is 10.00 Å². The molecule has 0 aromatic carbocycles. The minimum absolute atomic E-state index is 0.0123. The lowest BCUT2D eigenvalue weighted by Gasteiger charge is -2.40. The quantitative estimate of drug-likeness (QED) is 0.662. The van der Waals surface area contributed by atoms with Crippen LogP contribution in [0.2, 0.25) is 0 Å². The van der Waals surface area contributed by atoms with Gasteiger partial charge in [0, 0.05) is 32.2 Å². The average molecular weight is 414 g/mol. The predicted octanol–water partition coefficient (Wildman–Crippen LogP) is 2.50. The molecule has 29 heavy (non-hydrogen) atoms. The highest BCUT2D eigenvalue weighted by Gasteiger charge is 2.27. The number of rotatable bonds is 3. The highest BCUT2D eigenvalue weighted by Crippen LogP contribution is 2.25. The van der Waals surface area contributed by atoms with E-state index in [1.165, 1.54) is 36.8 Å². The van der Waals surface area contributed by atoms with Crippen LogP contribution in [0.3, 0.4) is 0 Å². The van der Waals surface area contributed by atoms with Crippen LogP contribution in [0.4, 0.5) is 0 Å². The van der Waals surface area contributed by atoms with Crippen LogP contribution in [-0.4, -0.2) is 62.1 Å². The summed E-state index contributed by atoms with van der Waals surface area (Å²) in [5.74, 6) is 0.711. The van der Waals surface area contributed by atoms with Gasteiger partial charge in [-0.1, -0.05) is 19.3 Å². The van der Waals surface area contributed by atoms with Crippen LogP contribution in [0.15, 0.2) is 22.3 Å². The molecular weight excluding hydrogens is 386 g/mol. The van der Waals surface area contributed by atoms with Gasteiger partial charge in [-0.05, 0) is 37.3 Å². The Hall–Kier alpha value is -2.19. The van der Waals surface area contributed by atoms with Crippen molar-refractivity contribution in [1.82, 2.24) is 24.0 Å². The van der Waals surface area contributed by atoms with Crippen molar-refractivity contribution >= 4 is 33.0 Å². The maximum absolute atomic E-state index is 12.9. The summed E-state index contributed by atoms with van der Waals surface area (Å²) >= 11 is 1.61. The molecule has 0 bridgehead atoms. The number of hydrogen-bond acceptors (Lipinski definition) is 5. The molecule has 1 saturated carbocycles. The van der Waals surface area contributed by atoms with Gasteiger partial charge in [0.25, 0.3) is 5.56 Å². The summed E-state index contributed by atoms with van der Waals surface area (Å²) in [4.78, 5) is 30.3. The number of amides is 1. The zero-order valence-electron chi connectivity index (χ0n) is 16.8. The van der Waals surface area contributed by atoms with Crippen molar-refractivity contribution in [3.05, 3.63) is 33.7 Å². The van der Waals surface area contributed by atoms with Gasteiger partial charge in [0.2, 0.25) is 5.91 Å². The minimum atomic E-state index is -0.201. The number of piperazine rings is 1. The Balaban J connectivity index is 1.30. The SMILES string of the molecule is Cc1nn(CC(=O)N2CCN(C3CCCCC3)CC2)c(=O)c2cc3sccc3n12. The van der Waals surface area contributed by atoms with Gasteiger partial charge in [-0.25, -0.2) is 4.68 Å². The highest BCUT2D eigenvalue weighted by molar-refractivity contribution is 7.17. The van der Waals surface area contributed by atoms with Crippen molar-refractivity contribution in [2.75, 3.05) is 26.2 Å². The molecule has 0 atom stereocenters. The second kappa shape index (κ2) is 7.57. The van der Waals surface area contributed by atoms with Crippen molar-refractivity contribution in [3.8, 4) is 0 Å². The number of carbonyl (C=O) groups is 1. The lowest BCUT2D eigenvalue weighted by Crippen LogP contribution is -2.53. The van der Waals surface area contributed by atoms with Gasteiger partial charge in [-0.3, -0.25) is 18.9 Å². The van der Waals surface area contributed by atoms with Gasteiger partial charge >= 0.3 is 0 Å². The van der Waals surface area contributed by atoms with Crippen LogP contribution >= 0.6 is 11.3 Å². The Morgan fingerprint density at radius 3 is 2.66 bits per heavy atom. The molecule has 8 heteroatoms. The van der Waals surface area contributed by atoms with Crippen molar-refractivity contribution in [2.24, 2.45) is 0 Å². The van der Waals surface area contributed by atoms with Gasteiger partial charge in [0.15, 0.2) is 0 Å². The van der Waals surface area contributed by atoms with E-state index in [1.807, 2.05) is 33.7 Å². The fraction of sp³-hybridized carbons (Fsp3) is 0.571. The molecule has 2 aliphatic rings. The number of hydrogen-bond donors (Lipinski definition) is 0. The molecule has 2 fully saturated rings. The summed E-state index contributed by atoms with van der Waals surface area (Å²) in [6.07, 6.45) is 6.61. The Kier molecular flexibility index (Phi) is 4.91. The van der Waals surface area contributed by atoms with Crippen molar-refractivity contribution in [3.63, 3.8) is 0 Å². The molecule has 4 heterocycles. The molecule has 0 spiro atoms. The lowest BCUT2D eigenvalue weighted by molar-refractivity contribution is -0.134. The second-order valence-corrected chi connectivity index (χ2v) is 9.20. The molecule has 0 N–H and O–H groups in total. The van der Waals surface area contributed by atoms with E-state index >= 15 is 0 Å². The van der Waals surface area contributed by atoms with Crippen molar-refractivity contribution < 1.29 is 4.79 Å². The van der Waals surface area contributed by atoms with Gasteiger partial charge in [0.1, 0.15) is 17.9 Å². The van der Waals surface area contributed by atoms with E-state index in [1.54, 1.807) is 11.3 Å². The first kappa shape index (κ1) is 18.8. The fourth-order valence-corrected chi connectivity index (χ4v) is 5.75. The largest absolute Gasteiger partial charge is 0.339 e. The Labute approximate surface area is 173 Å². The predicted molar refractivity (Wildman–Crippen MR) is 115 cm³/mol. The number of aromatic nitrogens is 3. The molecule has 1 aliphatic heterocycles. The van der Waals surface area contributed by atoms with E-state index in [4.69, 9.17) is 0 Å². The number of fused-ring (bicyclic) bond motifs is 3. The van der Waals surface area contributed by atoms with E-state index in [0.29, 0.717) is 11.6 Å². The van der Waals surface area contributed by atoms with E-state index in [-0.39, 0.29) is 18.0 Å². The molecule has 3 aromatic heterocycles. The Morgan fingerprint density at radius 2 is 1.90 bits per heavy atom. The van der Waals surface area contributed by atoms with Crippen LogP contribution in [-0.2, 0) is 11.3 Å². The van der Waals surface area contributed by atoms with Crippen molar-refractivity contribution in [2.45, 2.75) is 51.6 Å². The van der Waals surface area contributed by atoms with Crippen LogP contribution in [0, 0.1) is 6.92 Å². The molecule has 154 valence electrons. The van der Waals surface area contributed by atoms with Crippen LogP contribution in [0.5, 0.6) is 0 Å². The topological polar surface area (TPSA) is 62.9 Å². The first-order chi connectivity index (χ1) is 14.1. The summed E-state index contributed by atoms with van der Waals surface area (Å²) in [6.45, 7) is 5.25. The number of thiophene rings is 1. The summed E-state index contributed by atoms with van der Waals surface area (Å²) in [5.41, 5.74) is 1.40. The molecule has 7 nitrogen and oxygen atoms in total. The van der Waals surface area contributed by atoms with Gasteiger partial charge in [0.05, 0.1) is 10.2 Å². The molecule has 1 aliphatic carbocycles. The maximum atomic E-state index is 12.9. The average Bonchev–Trinajstić information content (AvgIpc) is 3.34. The smallest absolute Gasteiger partial charge is 0.291 e. The highest BCUT2D eigenvalue weighted by atomic mass is 32.1. The van der Waals surface area contributed by atoms with Gasteiger partial charge in [-0.2, -0.15) is 5.10 Å². The summed E-state index contributed by atoms with van der Waals surface area (Å²) in [6, 6.07) is 4.60. The maximum Gasteiger partial charge on any atom is 0.291 e.